The van der Waals surface area contributed by atoms with E-state index in [4.69, 9.17) is 9.47 Å². The summed E-state index contributed by atoms with van der Waals surface area (Å²) in [6.45, 7) is 4.10. The molecule has 2 saturated heterocycles. The van der Waals surface area contributed by atoms with Crippen molar-refractivity contribution in [2.24, 2.45) is 65.1 Å². The topological polar surface area (TPSA) is 59.1 Å². The first-order chi connectivity index (χ1) is 17.2. The summed E-state index contributed by atoms with van der Waals surface area (Å²) >= 11 is 0. The summed E-state index contributed by atoms with van der Waals surface area (Å²) in [5.41, 5.74) is 0. The van der Waals surface area contributed by atoms with E-state index in [0.29, 0.717) is 30.9 Å². The molecule has 6 heteroatoms. The normalized spacial score (nSPS) is 48.6. The predicted octanol–water partition coefficient (Wildman–Crippen LogP) is 2.92. The number of likely N-dealkylation sites (tertiary alicyclic amines) is 2. The van der Waals surface area contributed by atoms with E-state index in [1.165, 1.54) is 6.42 Å². The number of carbonyl (C=O) groups excluding carboxylic acids is 2. The molecule has 0 radical (unpaired) electrons. The highest BCUT2D eigenvalue weighted by Crippen LogP contribution is 2.86. The van der Waals surface area contributed by atoms with Gasteiger partial charge in [0.1, 0.15) is 12.7 Å². The quantitative estimate of drug-likeness (QED) is 0.628. The van der Waals surface area contributed by atoms with E-state index in [2.05, 4.69) is 4.90 Å². The van der Waals surface area contributed by atoms with Crippen molar-refractivity contribution in [3.63, 3.8) is 0 Å². The molecule has 3 aliphatic heterocycles. The van der Waals surface area contributed by atoms with E-state index in [1.807, 2.05) is 24.3 Å². The van der Waals surface area contributed by atoms with E-state index in [1.54, 1.807) is 4.90 Å². The molecule has 6 aliphatic carbocycles. The van der Waals surface area contributed by atoms with Crippen LogP contribution >= 0.6 is 0 Å². The molecule has 1 aromatic rings. The third-order valence-corrected chi connectivity index (χ3v) is 11.8. The van der Waals surface area contributed by atoms with E-state index >= 15 is 0 Å². The molecule has 2 amide bonds. The fraction of sp³-hybridized carbons (Fsp3) is 0.724. The van der Waals surface area contributed by atoms with Crippen LogP contribution in [-0.4, -0.2) is 60.5 Å². The van der Waals surface area contributed by atoms with Gasteiger partial charge in [-0.25, -0.2) is 0 Å². The fourth-order valence-corrected chi connectivity index (χ4v) is 10.8. The minimum Gasteiger partial charge on any atom is -0.486 e. The number of ether oxygens (including phenoxy) is 2. The monoisotopic (exact) mass is 474 g/mol. The largest absolute Gasteiger partial charge is 0.486 e. The summed E-state index contributed by atoms with van der Waals surface area (Å²) in [6.07, 6.45) is 4.44. The van der Waals surface area contributed by atoms with Crippen molar-refractivity contribution in [1.29, 1.82) is 0 Å². The Morgan fingerprint density at radius 2 is 1.40 bits per heavy atom. The van der Waals surface area contributed by atoms with Crippen LogP contribution in [0.1, 0.15) is 25.7 Å². The summed E-state index contributed by atoms with van der Waals surface area (Å²) < 4.78 is 12.0. The summed E-state index contributed by atoms with van der Waals surface area (Å²) in [5, 5.41) is 0. The van der Waals surface area contributed by atoms with Crippen molar-refractivity contribution in [3.8, 4) is 11.5 Å². The highest BCUT2D eigenvalue weighted by atomic mass is 16.6. The van der Waals surface area contributed by atoms with Crippen LogP contribution < -0.4 is 9.47 Å². The lowest BCUT2D eigenvalue weighted by atomic mass is 9.76. The Bertz CT molecular complexity index is 1070. The molecule has 184 valence electrons. The maximum atomic E-state index is 13.6. The summed E-state index contributed by atoms with van der Waals surface area (Å²) in [5.74, 6) is 9.26. The van der Waals surface area contributed by atoms with Crippen LogP contribution in [0.2, 0.25) is 0 Å². The second-order valence-electron chi connectivity index (χ2n) is 13.0. The molecule has 0 spiro atoms. The van der Waals surface area contributed by atoms with Crippen LogP contribution in [-0.2, 0) is 9.59 Å². The minimum absolute atomic E-state index is 0.0504. The van der Waals surface area contributed by atoms with Crippen LogP contribution in [0, 0.1) is 65.1 Å². The summed E-state index contributed by atoms with van der Waals surface area (Å²) in [7, 11) is 0. The molecule has 0 N–H and O–H groups in total. The Hall–Kier alpha value is -2.08. The first-order valence-corrected chi connectivity index (χ1v) is 14.1. The van der Waals surface area contributed by atoms with Crippen LogP contribution in [0.5, 0.6) is 11.5 Å². The lowest BCUT2D eigenvalue weighted by molar-refractivity contribution is -0.155. The predicted molar refractivity (Wildman–Crippen MR) is 126 cm³/mol. The third-order valence-electron chi connectivity index (χ3n) is 11.8. The molecule has 1 aromatic carbocycles. The number of rotatable bonds is 4. The van der Waals surface area contributed by atoms with Crippen molar-refractivity contribution in [2.45, 2.75) is 31.8 Å². The van der Waals surface area contributed by atoms with Crippen molar-refractivity contribution in [3.05, 3.63) is 24.3 Å². The number of fused-ring (bicyclic) bond motifs is 6. The minimum atomic E-state index is 0.0504. The molecule has 6 saturated carbocycles. The van der Waals surface area contributed by atoms with Gasteiger partial charge in [0.05, 0.1) is 0 Å². The maximum Gasteiger partial charge on any atom is 0.232 e. The standard InChI is InChI=1S/C29H34N2O4/c32-28-18-10-19(27-25-17-9-16-22(23(16)25)24(17)26(18)27)29(33)31(28)11-14-5-7-30(8-6-14)12-15-13-34-20-3-1-2-4-21(20)35-15/h1-4,14-19,22-27H,5-13H2. The lowest BCUT2D eigenvalue weighted by Gasteiger charge is -2.39. The number of benzene rings is 1. The highest BCUT2D eigenvalue weighted by molar-refractivity contribution is 6.01. The molecular formula is C29H34N2O4. The molecule has 8 bridgehead atoms. The summed E-state index contributed by atoms with van der Waals surface area (Å²) in [4.78, 5) is 31.5. The Kier molecular flexibility index (Phi) is 3.90. The number of nitrogens with zero attached hydrogens (tertiary/aromatic N) is 2. The van der Waals surface area contributed by atoms with Gasteiger partial charge in [0.2, 0.25) is 11.8 Å². The molecular weight excluding hydrogens is 440 g/mol. The first kappa shape index (κ1) is 20.0. The Morgan fingerprint density at radius 1 is 0.771 bits per heavy atom. The Labute approximate surface area is 206 Å². The molecule has 3 heterocycles. The van der Waals surface area contributed by atoms with Gasteiger partial charge in [-0.2, -0.15) is 0 Å². The van der Waals surface area contributed by atoms with Gasteiger partial charge in [0, 0.05) is 24.9 Å². The lowest BCUT2D eigenvalue weighted by Crippen LogP contribution is -2.51. The van der Waals surface area contributed by atoms with Gasteiger partial charge in [0.25, 0.3) is 0 Å². The fourth-order valence-electron chi connectivity index (χ4n) is 10.8. The smallest absolute Gasteiger partial charge is 0.232 e. The second-order valence-corrected chi connectivity index (χ2v) is 13.0. The molecule has 10 rings (SSSR count). The number of piperidine rings is 2. The van der Waals surface area contributed by atoms with E-state index in [-0.39, 0.29) is 29.8 Å². The second kappa shape index (κ2) is 6.81. The van der Waals surface area contributed by atoms with Crippen molar-refractivity contribution < 1.29 is 19.1 Å². The molecule has 0 aromatic heterocycles. The zero-order chi connectivity index (χ0) is 23.0. The highest BCUT2D eigenvalue weighted by Gasteiger charge is 2.83. The van der Waals surface area contributed by atoms with E-state index in [0.717, 1.165) is 85.9 Å². The Morgan fingerprint density at radius 3 is 2.06 bits per heavy atom. The molecule has 9 aliphatic rings. The maximum absolute atomic E-state index is 13.6. The first-order valence-electron chi connectivity index (χ1n) is 14.1. The average Bonchev–Trinajstić information content (AvgIpc) is 3.33. The van der Waals surface area contributed by atoms with Crippen LogP contribution in [0.25, 0.3) is 0 Å². The average molecular weight is 475 g/mol. The number of hydrogen-bond acceptors (Lipinski definition) is 5. The molecule has 35 heavy (non-hydrogen) atoms. The summed E-state index contributed by atoms with van der Waals surface area (Å²) in [6, 6.07) is 7.88. The van der Waals surface area contributed by atoms with E-state index < -0.39 is 0 Å². The number of amides is 2. The SMILES string of the molecule is O=C1C2CC(C(=O)N1CC1CCN(CC3COc4ccccc4O3)CC1)C1C2C2C3CC4C2C4C31. The van der Waals surface area contributed by atoms with Crippen LogP contribution in [0.15, 0.2) is 24.3 Å². The number of para-hydroxylation sites is 2. The molecule has 6 nitrogen and oxygen atoms in total. The van der Waals surface area contributed by atoms with Gasteiger partial charge in [0.15, 0.2) is 11.5 Å². The number of hydrogen-bond donors (Lipinski definition) is 0. The number of imide groups is 1. The van der Waals surface area contributed by atoms with Gasteiger partial charge < -0.3 is 9.47 Å². The van der Waals surface area contributed by atoms with Gasteiger partial charge in [-0.1, -0.05) is 12.1 Å². The van der Waals surface area contributed by atoms with Crippen molar-refractivity contribution >= 4 is 11.8 Å². The van der Waals surface area contributed by atoms with Crippen molar-refractivity contribution in [1.82, 2.24) is 9.80 Å². The van der Waals surface area contributed by atoms with Gasteiger partial charge in [-0.15, -0.1) is 0 Å². The Balaban J connectivity index is 0.838. The molecule has 9 unspecified atom stereocenters. The third kappa shape index (κ3) is 2.55. The van der Waals surface area contributed by atoms with Gasteiger partial charge in [-0.05, 0) is 104 Å². The molecule has 8 fully saturated rings. The van der Waals surface area contributed by atoms with Crippen LogP contribution in [0.4, 0.5) is 0 Å². The van der Waals surface area contributed by atoms with E-state index in [9.17, 15) is 9.59 Å². The number of carbonyl (C=O) groups is 2. The van der Waals surface area contributed by atoms with Gasteiger partial charge >= 0.3 is 0 Å². The zero-order valence-corrected chi connectivity index (χ0v) is 20.1. The van der Waals surface area contributed by atoms with Crippen LogP contribution in [0.3, 0.4) is 0 Å². The van der Waals surface area contributed by atoms with Gasteiger partial charge in [-0.3, -0.25) is 19.4 Å². The zero-order valence-electron chi connectivity index (χ0n) is 20.1. The molecule has 9 atom stereocenters. The van der Waals surface area contributed by atoms with Crippen molar-refractivity contribution in [2.75, 3.05) is 32.8 Å².